The third kappa shape index (κ3) is 3.93. The molecule has 0 amide bonds. The van der Waals surface area contributed by atoms with Crippen molar-refractivity contribution in [3.05, 3.63) is 29.6 Å². The molecule has 1 fully saturated rings. The topological polar surface area (TPSA) is 27.7 Å². The summed E-state index contributed by atoms with van der Waals surface area (Å²) in [5, 5.41) is 0. The maximum atomic E-state index is 13.5. The van der Waals surface area contributed by atoms with Crippen molar-refractivity contribution in [3.63, 3.8) is 0 Å². The molecule has 1 aromatic carbocycles. The first-order valence-electron chi connectivity index (χ1n) is 7.25. The van der Waals surface area contributed by atoms with Gasteiger partial charge in [-0.25, -0.2) is 4.39 Å². The van der Waals surface area contributed by atoms with E-state index in [0.29, 0.717) is 18.3 Å². The van der Waals surface area contributed by atoms with Gasteiger partial charge in [-0.1, -0.05) is 6.92 Å². The van der Waals surface area contributed by atoms with E-state index in [0.717, 1.165) is 25.2 Å². The molecule has 1 aliphatic heterocycles. The molecule has 0 saturated carbocycles. The molecule has 20 heavy (non-hydrogen) atoms. The van der Waals surface area contributed by atoms with E-state index in [9.17, 15) is 4.39 Å². The summed E-state index contributed by atoms with van der Waals surface area (Å²) in [6, 6.07) is 4.64. The van der Waals surface area contributed by atoms with Gasteiger partial charge in [0.05, 0.1) is 32.0 Å². The highest BCUT2D eigenvalue weighted by Crippen LogP contribution is 2.32. The fourth-order valence-electron chi connectivity index (χ4n) is 2.21. The lowest BCUT2D eigenvalue weighted by molar-refractivity contribution is -0.0517. The van der Waals surface area contributed by atoms with Crippen LogP contribution < -0.4 is 4.74 Å². The van der Waals surface area contributed by atoms with Crippen molar-refractivity contribution in [2.75, 3.05) is 19.8 Å². The lowest BCUT2D eigenvalue weighted by Crippen LogP contribution is -2.32. The Bertz CT molecular complexity index is 430. The summed E-state index contributed by atoms with van der Waals surface area (Å²) in [5.41, 5.74) is 0.793. The zero-order chi connectivity index (χ0) is 14.5. The van der Waals surface area contributed by atoms with E-state index in [1.807, 2.05) is 20.8 Å². The van der Waals surface area contributed by atoms with Gasteiger partial charge in [0, 0.05) is 11.5 Å². The lowest BCUT2D eigenvalue weighted by Gasteiger charge is -2.27. The summed E-state index contributed by atoms with van der Waals surface area (Å²) in [6.07, 6.45) is 0.735. The van der Waals surface area contributed by atoms with Crippen molar-refractivity contribution in [2.45, 2.75) is 39.4 Å². The van der Waals surface area contributed by atoms with Crippen LogP contribution in [0.25, 0.3) is 0 Å². The Hall–Kier alpha value is -1.13. The van der Waals surface area contributed by atoms with Crippen LogP contribution in [0.15, 0.2) is 18.2 Å². The highest BCUT2D eigenvalue weighted by molar-refractivity contribution is 5.36. The largest absolute Gasteiger partial charge is 0.493 e. The van der Waals surface area contributed by atoms with Crippen LogP contribution in [-0.2, 0) is 9.47 Å². The summed E-state index contributed by atoms with van der Waals surface area (Å²) < 4.78 is 30.3. The molecular formula is C16H23FO3. The molecule has 0 unspecified atom stereocenters. The maximum Gasteiger partial charge on any atom is 0.125 e. The number of benzene rings is 1. The molecule has 1 heterocycles. The van der Waals surface area contributed by atoms with E-state index < -0.39 is 0 Å². The average Bonchev–Trinajstić information content (AvgIpc) is 2.35. The molecule has 0 bridgehead atoms. The van der Waals surface area contributed by atoms with Crippen molar-refractivity contribution < 1.29 is 18.6 Å². The first kappa shape index (κ1) is 15.3. The number of ether oxygens (including phenoxy) is 3. The van der Waals surface area contributed by atoms with Crippen LogP contribution in [0.5, 0.6) is 5.75 Å². The minimum absolute atomic E-state index is 0.0936. The second kappa shape index (κ2) is 7.04. The van der Waals surface area contributed by atoms with Crippen LogP contribution in [0.2, 0.25) is 0 Å². The van der Waals surface area contributed by atoms with E-state index >= 15 is 0 Å². The van der Waals surface area contributed by atoms with Gasteiger partial charge in [0.15, 0.2) is 0 Å². The van der Waals surface area contributed by atoms with Crippen molar-refractivity contribution in [2.24, 2.45) is 5.92 Å². The third-order valence-corrected chi connectivity index (χ3v) is 3.31. The van der Waals surface area contributed by atoms with Gasteiger partial charge < -0.3 is 14.2 Å². The van der Waals surface area contributed by atoms with Gasteiger partial charge in [0.25, 0.3) is 0 Å². The second-order valence-electron chi connectivity index (χ2n) is 5.48. The molecule has 1 saturated heterocycles. The van der Waals surface area contributed by atoms with Gasteiger partial charge in [-0.05, 0) is 38.5 Å². The van der Waals surface area contributed by atoms with Gasteiger partial charge in [0.2, 0.25) is 0 Å². The predicted molar refractivity (Wildman–Crippen MR) is 75.5 cm³/mol. The average molecular weight is 282 g/mol. The molecule has 1 aliphatic rings. The van der Waals surface area contributed by atoms with Crippen molar-refractivity contribution in [1.29, 1.82) is 0 Å². The molecule has 0 aromatic heterocycles. The molecule has 0 spiro atoms. The van der Waals surface area contributed by atoms with Crippen LogP contribution >= 0.6 is 0 Å². The Kier molecular flexibility index (Phi) is 5.38. The SMILES string of the molecule is CC[C@H](OC(C)C)c1cc(F)ccc1OCC1COC1. The molecule has 1 atom stereocenters. The summed E-state index contributed by atoms with van der Waals surface area (Å²) in [4.78, 5) is 0. The summed E-state index contributed by atoms with van der Waals surface area (Å²) >= 11 is 0. The minimum Gasteiger partial charge on any atom is -0.493 e. The zero-order valence-electron chi connectivity index (χ0n) is 12.4. The Morgan fingerprint density at radius 2 is 2.10 bits per heavy atom. The summed E-state index contributed by atoms with van der Waals surface area (Å²) in [5.74, 6) is 0.898. The van der Waals surface area contributed by atoms with Gasteiger partial charge in [0.1, 0.15) is 11.6 Å². The number of hydrogen-bond acceptors (Lipinski definition) is 3. The van der Waals surface area contributed by atoms with Crippen molar-refractivity contribution >= 4 is 0 Å². The molecule has 112 valence electrons. The van der Waals surface area contributed by atoms with Crippen LogP contribution in [0, 0.1) is 11.7 Å². The standard InChI is InChI=1S/C16H23FO3/c1-4-15(20-11(2)3)14-7-13(17)5-6-16(14)19-10-12-8-18-9-12/h5-7,11-12,15H,4,8-10H2,1-3H3/t15-/m0/s1. The maximum absolute atomic E-state index is 13.5. The van der Waals surface area contributed by atoms with Crippen LogP contribution in [0.3, 0.4) is 0 Å². The van der Waals surface area contributed by atoms with Crippen molar-refractivity contribution in [1.82, 2.24) is 0 Å². The van der Waals surface area contributed by atoms with E-state index in [-0.39, 0.29) is 18.0 Å². The Labute approximate surface area is 120 Å². The van der Waals surface area contributed by atoms with Crippen LogP contribution in [0.1, 0.15) is 38.9 Å². The highest BCUT2D eigenvalue weighted by Gasteiger charge is 2.22. The molecule has 0 N–H and O–H groups in total. The second-order valence-corrected chi connectivity index (χ2v) is 5.48. The van der Waals surface area contributed by atoms with Crippen LogP contribution in [0.4, 0.5) is 4.39 Å². The minimum atomic E-state index is -0.259. The summed E-state index contributed by atoms with van der Waals surface area (Å²) in [6.45, 7) is 8.09. The highest BCUT2D eigenvalue weighted by atomic mass is 19.1. The van der Waals surface area contributed by atoms with E-state index in [2.05, 4.69) is 0 Å². The molecular weight excluding hydrogens is 259 g/mol. The van der Waals surface area contributed by atoms with Gasteiger partial charge in [-0.15, -0.1) is 0 Å². The number of rotatable bonds is 7. The lowest BCUT2D eigenvalue weighted by atomic mass is 10.0. The quantitative estimate of drug-likeness (QED) is 0.762. The molecule has 1 aromatic rings. The molecule has 4 heteroatoms. The Balaban J connectivity index is 2.12. The Morgan fingerprint density at radius 3 is 2.65 bits per heavy atom. The molecule has 0 radical (unpaired) electrons. The third-order valence-electron chi connectivity index (χ3n) is 3.31. The number of hydrogen-bond donors (Lipinski definition) is 0. The van der Waals surface area contributed by atoms with E-state index in [1.54, 1.807) is 6.07 Å². The summed E-state index contributed by atoms with van der Waals surface area (Å²) in [7, 11) is 0. The van der Waals surface area contributed by atoms with Gasteiger partial charge in [-0.3, -0.25) is 0 Å². The smallest absolute Gasteiger partial charge is 0.125 e. The van der Waals surface area contributed by atoms with E-state index in [1.165, 1.54) is 12.1 Å². The zero-order valence-corrected chi connectivity index (χ0v) is 12.4. The monoisotopic (exact) mass is 282 g/mol. The molecule has 2 rings (SSSR count). The number of halogens is 1. The van der Waals surface area contributed by atoms with Crippen molar-refractivity contribution in [3.8, 4) is 5.75 Å². The van der Waals surface area contributed by atoms with Crippen LogP contribution in [-0.4, -0.2) is 25.9 Å². The molecule has 0 aliphatic carbocycles. The van der Waals surface area contributed by atoms with E-state index in [4.69, 9.17) is 14.2 Å². The predicted octanol–water partition coefficient (Wildman–Crippen LogP) is 3.73. The first-order valence-corrected chi connectivity index (χ1v) is 7.25. The van der Waals surface area contributed by atoms with Gasteiger partial charge >= 0.3 is 0 Å². The first-order chi connectivity index (χ1) is 9.60. The van der Waals surface area contributed by atoms with Gasteiger partial charge in [-0.2, -0.15) is 0 Å². The fourth-order valence-corrected chi connectivity index (χ4v) is 2.21. The molecule has 3 nitrogen and oxygen atoms in total. The Morgan fingerprint density at radius 1 is 1.35 bits per heavy atom. The normalized spacial score (nSPS) is 17.1. The fraction of sp³-hybridized carbons (Fsp3) is 0.625.